The topological polar surface area (TPSA) is 54.9 Å². The summed E-state index contributed by atoms with van der Waals surface area (Å²) in [4.78, 5) is 22.8. The molecule has 4 rings (SSSR count). The average molecular weight is 490 g/mol. The number of nitrogens with zero attached hydrogens (tertiary/aromatic N) is 3. The van der Waals surface area contributed by atoms with Gasteiger partial charge in [-0.1, -0.05) is 43.4 Å². The first kappa shape index (κ1) is 25.3. The summed E-state index contributed by atoms with van der Waals surface area (Å²) in [6, 6.07) is 11.8. The smallest absolute Gasteiger partial charge is 0.273 e. The Bertz CT molecular complexity index is 1120. The van der Waals surface area contributed by atoms with Gasteiger partial charge in [0.2, 0.25) is 6.10 Å². The molecular weight excluding hydrogens is 458 g/mol. The van der Waals surface area contributed by atoms with Gasteiger partial charge in [0, 0.05) is 13.1 Å². The van der Waals surface area contributed by atoms with Crippen molar-refractivity contribution in [2.24, 2.45) is 0 Å². The number of hydrogen-bond donors (Lipinski definition) is 0. The van der Waals surface area contributed by atoms with Crippen molar-refractivity contribution in [3.8, 4) is 11.5 Å². The zero-order valence-corrected chi connectivity index (χ0v) is 21.5. The third kappa shape index (κ3) is 5.26. The van der Waals surface area contributed by atoms with E-state index in [2.05, 4.69) is 44.7 Å². The molecule has 0 aliphatic carbocycles. The lowest BCUT2D eigenvalue weighted by Crippen LogP contribution is -2.52. The maximum absolute atomic E-state index is 13.8. The maximum atomic E-state index is 13.8. The molecule has 3 aromatic rings. The van der Waals surface area contributed by atoms with Crippen LogP contribution < -0.4 is 14.4 Å². The zero-order chi connectivity index (χ0) is 22.8. The Hall–Kier alpha value is -2.35. The molecule has 2 heterocycles. The van der Waals surface area contributed by atoms with Crippen LogP contribution in [0.25, 0.3) is 10.2 Å². The molecule has 1 aliphatic heterocycles. The van der Waals surface area contributed by atoms with Gasteiger partial charge < -0.3 is 14.4 Å². The van der Waals surface area contributed by atoms with Gasteiger partial charge in [-0.3, -0.25) is 9.69 Å². The summed E-state index contributed by atoms with van der Waals surface area (Å²) in [6.07, 6.45) is -1.12. The number of para-hydroxylation sites is 2. The van der Waals surface area contributed by atoms with Crippen LogP contribution in [-0.2, 0) is 4.79 Å². The number of ether oxygens (including phenoxy) is 2. The van der Waals surface area contributed by atoms with E-state index >= 15 is 0 Å². The van der Waals surface area contributed by atoms with Crippen molar-refractivity contribution < 1.29 is 14.3 Å². The Labute approximate surface area is 205 Å². The van der Waals surface area contributed by atoms with E-state index in [1.165, 1.54) is 5.56 Å². The fraction of sp³-hybridized carbons (Fsp3) is 0.440. The lowest BCUT2D eigenvalue weighted by molar-refractivity contribution is -0.130. The maximum Gasteiger partial charge on any atom is 0.273 e. The van der Waals surface area contributed by atoms with Crippen LogP contribution in [0.1, 0.15) is 31.9 Å². The van der Waals surface area contributed by atoms with E-state index in [1.54, 1.807) is 16.2 Å². The van der Waals surface area contributed by atoms with Crippen molar-refractivity contribution in [1.82, 2.24) is 9.88 Å². The second-order valence-electron chi connectivity index (χ2n) is 8.25. The third-order valence-corrected chi connectivity index (χ3v) is 6.96. The lowest BCUT2D eigenvalue weighted by Gasteiger charge is -2.34. The molecule has 2 aromatic carbocycles. The van der Waals surface area contributed by atoms with Gasteiger partial charge >= 0.3 is 0 Å². The molecular formula is C25H32ClN3O3S. The van der Waals surface area contributed by atoms with E-state index in [-0.39, 0.29) is 18.3 Å². The SMILES string of the molecule is CCN(CC)CCN(C(=O)C1Oc2ccccc2OC1C)c1nc2c(C)cc(C)cc2s1.Cl. The Balaban J connectivity index is 0.00000306. The van der Waals surface area contributed by atoms with Crippen LogP contribution >= 0.6 is 23.7 Å². The molecule has 8 heteroatoms. The fourth-order valence-corrected chi connectivity index (χ4v) is 5.27. The van der Waals surface area contributed by atoms with Crippen LogP contribution in [0.2, 0.25) is 0 Å². The number of hydrogen-bond acceptors (Lipinski definition) is 6. The standard InChI is InChI=1S/C25H31N3O3S.ClH/c1-6-27(7-2)12-13-28(25-26-22-17(4)14-16(3)15-21(22)32-25)24(29)23-18(5)30-19-10-8-9-11-20(19)31-23;/h8-11,14-15,18,23H,6-7,12-13H2,1-5H3;1H. The molecule has 1 aliphatic rings. The van der Waals surface area contributed by atoms with E-state index in [0.717, 1.165) is 35.4 Å². The number of carbonyl (C=O) groups is 1. The summed E-state index contributed by atoms with van der Waals surface area (Å²) in [5.41, 5.74) is 3.27. The van der Waals surface area contributed by atoms with Crippen LogP contribution in [0.4, 0.5) is 5.13 Å². The normalized spacial score (nSPS) is 17.2. The van der Waals surface area contributed by atoms with Crippen molar-refractivity contribution in [3.63, 3.8) is 0 Å². The molecule has 0 fully saturated rings. The molecule has 1 aromatic heterocycles. The van der Waals surface area contributed by atoms with E-state index in [9.17, 15) is 4.79 Å². The largest absolute Gasteiger partial charge is 0.482 e. The second-order valence-corrected chi connectivity index (χ2v) is 9.26. The van der Waals surface area contributed by atoms with Gasteiger partial charge in [-0.25, -0.2) is 4.98 Å². The molecule has 0 radical (unpaired) electrons. The fourth-order valence-electron chi connectivity index (χ4n) is 4.10. The van der Waals surface area contributed by atoms with Crippen LogP contribution in [0.5, 0.6) is 11.5 Å². The molecule has 0 saturated heterocycles. The molecule has 0 spiro atoms. The van der Waals surface area contributed by atoms with Gasteiger partial charge in [0.15, 0.2) is 16.6 Å². The number of benzene rings is 2. The molecule has 2 atom stereocenters. The van der Waals surface area contributed by atoms with Crippen molar-refractivity contribution in [2.45, 2.75) is 46.8 Å². The lowest BCUT2D eigenvalue weighted by atomic mass is 10.1. The van der Waals surface area contributed by atoms with Gasteiger partial charge in [0.05, 0.1) is 10.2 Å². The minimum Gasteiger partial charge on any atom is -0.482 e. The minimum atomic E-state index is -0.726. The van der Waals surface area contributed by atoms with Crippen molar-refractivity contribution in [2.75, 3.05) is 31.1 Å². The molecule has 0 saturated carbocycles. The number of carbonyl (C=O) groups excluding carboxylic acids is 1. The first-order chi connectivity index (χ1) is 15.4. The Kier molecular flexibility index (Phi) is 8.21. The van der Waals surface area contributed by atoms with Gasteiger partial charge in [-0.2, -0.15) is 0 Å². The Morgan fingerprint density at radius 3 is 2.39 bits per heavy atom. The number of aryl methyl sites for hydroxylation is 2. The molecule has 0 N–H and O–H groups in total. The second kappa shape index (κ2) is 10.7. The molecule has 178 valence electrons. The minimum absolute atomic E-state index is 0. The van der Waals surface area contributed by atoms with Gasteiger partial charge in [0.1, 0.15) is 6.10 Å². The predicted molar refractivity (Wildman–Crippen MR) is 137 cm³/mol. The quantitative estimate of drug-likeness (QED) is 0.454. The summed E-state index contributed by atoms with van der Waals surface area (Å²) >= 11 is 1.56. The first-order valence-corrected chi connectivity index (χ1v) is 12.1. The number of thiazole rings is 1. The average Bonchev–Trinajstić information content (AvgIpc) is 3.20. The summed E-state index contributed by atoms with van der Waals surface area (Å²) < 4.78 is 13.2. The first-order valence-electron chi connectivity index (χ1n) is 11.2. The number of halogens is 1. The number of likely N-dealkylation sites (N-methyl/N-ethyl adjacent to an activating group) is 1. The van der Waals surface area contributed by atoms with E-state index < -0.39 is 12.2 Å². The highest BCUT2D eigenvalue weighted by atomic mass is 35.5. The highest BCUT2D eigenvalue weighted by Gasteiger charge is 2.38. The molecule has 33 heavy (non-hydrogen) atoms. The number of aromatic nitrogens is 1. The summed E-state index contributed by atoms with van der Waals surface area (Å²) in [6.45, 7) is 13.5. The predicted octanol–water partition coefficient (Wildman–Crippen LogP) is 5.24. The third-order valence-electron chi connectivity index (χ3n) is 5.94. The van der Waals surface area contributed by atoms with Gasteiger partial charge in [-0.15, -0.1) is 12.4 Å². The number of amides is 1. The molecule has 6 nitrogen and oxygen atoms in total. The summed E-state index contributed by atoms with van der Waals surface area (Å²) in [5, 5.41) is 0.709. The van der Waals surface area contributed by atoms with Crippen LogP contribution in [0, 0.1) is 13.8 Å². The van der Waals surface area contributed by atoms with Gasteiger partial charge in [-0.05, 0) is 63.2 Å². The summed E-state index contributed by atoms with van der Waals surface area (Å²) in [5.74, 6) is 1.15. The highest BCUT2D eigenvalue weighted by Crippen LogP contribution is 2.36. The zero-order valence-electron chi connectivity index (χ0n) is 19.8. The highest BCUT2D eigenvalue weighted by molar-refractivity contribution is 7.22. The van der Waals surface area contributed by atoms with Gasteiger partial charge in [0.25, 0.3) is 5.91 Å². The molecule has 2 unspecified atom stereocenters. The van der Waals surface area contributed by atoms with E-state index in [4.69, 9.17) is 14.5 Å². The molecule has 1 amide bonds. The number of fused-ring (bicyclic) bond motifs is 2. The number of anilines is 1. The molecule has 0 bridgehead atoms. The van der Waals surface area contributed by atoms with Crippen LogP contribution in [0.15, 0.2) is 36.4 Å². The summed E-state index contributed by atoms with van der Waals surface area (Å²) in [7, 11) is 0. The van der Waals surface area contributed by atoms with E-state index in [0.29, 0.717) is 23.2 Å². The number of rotatable bonds is 7. The Morgan fingerprint density at radius 1 is 1.06 bits per heavy atom. The van der Waals surface area contributed by atoms with Crippen LogP contribution in [0.3, 0.4) is 0 Å². The Morgan fingerprint density at radius 2 is 1.73 bits per heavy atom. The van der Waals surface area contributed by atoms with Crippen molar-refractivity contribution in [1.29, 1.82) is 0 Å². The van der Waals surface area contributed by atoms with E-state index in [1.807, 2.05) is 31.2 Å². The van der Waals surface area contributed by atoms with Crippen LogP contribution in [-0.4, -0.2) is 54.2 Å². The van der Waals surface area contributed by atoms with Crippen molar-refractivity contribution >= 4 is 45.0 Å². The van der Waals surface area contributed by atoms with Crippen molar-refractivity contribution in [3.05, 3.63) is 47.5 Å². The monoisotopic (exact) mass is 489 g/mol.